The van der Waals surface area contributed by atoms with E-state index in [2.05, 4.69) is 20.9 Å². The number of hydrogen-bond donors (Lipinski definition) is 0. The highest BCUT2D eigenvalue weighted by molar-refractivity contribution is 9.10. The van der Waals surface area contributed by atoms with E-state index in [-0.39, 0.29) is 36.1 Å². The van der Waals surface area contributed by atoms with E-state index in [0.29, 0.717) is 23.2 Å². The van der Waals surface area contributed by atoms with Crippen LogP contribution >= 0.6 is 15.9 Å². The van der Waals surface area contributed by atoms with Crippen molar-refractivity contribution in [1.82, 2.24) is 14.3 Å². The zero-order chi connectivity index (χ0) is 21.8. The number of rotatable bonds is 7. The number of carbonyl (C=O) groups is 2. The van der Waals surface area contributed by atoms with Gasteiger partial charge in [0.1, 0.15) is 0 Å². The van der Waals surface area contributed by atoms with E-state index < -0.39 is 11.5 Å². The molecule has 1 fully saturated rings. The number of unbranched alkanes of at least 4 members (excludes halogenated alkanes) is 1. The number of amides is 1. The van der Waals surface area contributed by atoms with Crippen LogP contribution in [0.3, 0.4) is 0 Å². The smallest absolute Gasteiger partial charge is 0.360 e. The molecule has 0 N–H and O–H groups in total. The molecule has 3 heterocycles. The molecule has 0 aliphatic carbocycles. The number of anilines is 1. The Morgan fingerprint density at radius 1 is 1.27 bits per heavy atom. The third-order valence-corrected chi connectivity index (χ3v) is 5.42. The minimum Gasteiger partial charge on any atom is -0.486 e. The van der Waals surface area contributed by atoms with Gasteiger partial charge in [0, 0.05) is 23.8 Å². The van der Waals surface area contributed by atoms with Gasteiger partial charge in [-0.05, 0) is 35.0 Å². The number of nitrogens with zero attached hydrogens (tertiary/aromatic N) is 4. The van der Waals surface area contributed by atoms with Crippen LogP contribution in [0.2, 0.25) is 0 Å². The van der Waals surface area contributed by atoms with Crippen molar-refractivity contribution in [2.24, 2.45) is 0 Å². The zero-order valence-electron chi connectivity index (χ0n) is 17.3. The molecule has 2 aromatic rings. The summed E-state index contributed by atoms with van der Waals surface area (Å²) in [6, 6.07) is 1.72. The monoisotopic (exact) mass is 480 g/mol. The Balaban J connectivity index is 2.18. The summed E-state index contributed by atoms with van der Waals surface area (Å²) in [5.41, 5.74) is -0.0715. The zero-order valence-corrected chi connectivity index (χ0v) is 18.9. The fourth-order valence-electron chi connectivity index (χ4n) is 3.30. The molecule has 1 saturated heterocycles. The summed E-state index contributed by atoms with van der Waals surface area (Å²) in [6.07, 6.45) is 3.15. The number of esters is 1. The van der Waals surface area contributed by atoms with E-state index in [0.717, 1.165) is 19.4 Å². The Hall–Kier alpha value is -2.46. The number of fused-ring (bicyclic) bond motifs is 1. The summed E-state index contributed by atoms with van der Waals surface area (Å²) in [5.74, 6) is -1.02. The lowest BCUT2D eigenvalue weighted by atomic mass is 10.2. The Morgan fingerprint density at radius 3 is 2.67 bits per heavy atom. The van der Waals surface area contributed by atoms with Crippen LogP contribution in [0.5, 0.6) is 5.75 Å². The first kappa shape index (κ1) is 22.2. The number of pyridine rings is 1. The number of ether oxygens (including phenoxy) is 2. The van der Waals surface area contributed by atoms with E-state index in [9.17, 15) is 14.4 Å². The predicted molar refractivity (Wildman–Crippen MR) is 115 cm³/mol. The molecule has 0 unspecified atom stereocenters. The van der Waals surface area contributed by atoms with Gasteiger partial charge in [0.15, 0.2) is 11.3 Å². The Bertz CT molecular complexity index is 1020. The topological polar surface area (TPSA) is 93.4 Å². The van der Waals surface area contributed by atoms with Crippen molar-refractivity contribution in [3.63, 3.8) is 0 Å². The third kappa shape index (κ3) is 4.34. The summed E-state index contributed by atoms with van der Waals surface area (Å²) >= 11 is 3.41. The van der Waals surface area contributed by atoms with Crippen LogP contribution in [0, 0.1) is 0 Å². The maximum absolute atomic E-state index is 13.2. The van der Waals surface area contributed by atoms with E-state index in [1.54, 1.807) is 17.2 Å². The minimum atomic E-state index is -0.767. The van der Waals surface area contributed by atoms with Gasteiger partial charge in [-0.25, -0.2) is 9.78 Å². The van der Waals surface area contributed by atoms with Gasteiger partial charge in [0.05, 0.1) is 25.9 Å². The second kappa shape index (κ2) is 9.57. The average molecular weight is 481 g/mol. The fraction of sp³-hybridized carbons (Fsp3) is 0.500. The highest BCUT2D eigenvalue weighted by Gasteiger charge is 2.29. The van der Waals surface area contributed by atoms with Crippen LogP contribution in [0.25, 0.3) is 5.65 Å². The van der Waals surface area contributed by atoms with Gasteiger partial charge in [-0.2, -0.15) is 0 Å². The van der Waals surface area contributed by atoms with Crippen molar-refractivity contribution >= 4 is 39.1 Å². The normalized spacial score (nSPS) is 14.9. The third-order valence-electron chi connectivity index (χ3n) is 4.99. The van der Waals surface area contributed by atoms with Crippen LogP contribution in [-0.4, -0.2) is 66.1 Å². The lowest BCUT2D eigenvalue weighted by Crippen LogP contribution is -2.50. The fourth-order valence-corrected chi connectivity index (χ4v) is 3.72. The molecular weight excluding hydrogens is 456 g/mol. The van der Waals surface area contributed by atoms with Crippen molar-refractivity contribution in [3.05, 3.63) is 32.8 Å². The largest absolute Gasteiger partial charge is 0.486 e. The highest BCUT2D eigenvalue weighted by atomic mass is 79.9. The lowest BCUT2D eigenvalue weighted by molar-refractivity contribution is -0.121. The first-order chi connectivity index (χ1) is 14.4. The SMILES string of the molecule is CCCCOc1c(C(=O)OC)nc2c(N3CCN(CC)CC3=O)cc(Br)cn2c1=O. The van der Waals surface area contributed by atoms with Gasteiger partial charge >= 0.3 is 11.5 Å². The number of likely N-dealkylation sites (N-methyl/N-ethyl adjacent to an activating group) is 1. The minimum absolute atomic E-state index is 0.0970. The molecule has 162 valence electrons. The molecule has 30 heavy (non-hydrogen) atoms. The maximum Gasteiger partial charge on any atom is 0.360 e. The van der Waals surface area contributed by atoms with Crippen molar-refractivity contribution in [2.75, 3.05) is 44.8 Å². The standard InChI is InChI=1S/C20H25BrN4O5/c1-4-6-9-30-17-16(20(28)29-3)22-18-14(10-13(21)11-25(18)19(17)27)24-8-7-23(5-2)12-15(24)26/h10-11H,4-9,12H2,1-3H3. The van der Waals surface area contributed by atoms with Crippen LogP contribution in [-0.2, 0) is 9.53 Å². The molecule has 9 nitrogen and oxygen atoms in total. The summed E-state index contributed by atoms with van der Waals surface area (Å²) in [7, 11) is 1.22. The van der Waals surface area contributed by atoms with Crippen molar-refractivity contribution in [3.8, 4) is 5.75 Å². The predicted octanol–water partition coefficient (Wildman–Crippen LogP) is 2.09. The van der Waals surface area contributed by atoms with Gasteiger partial charge in [0.25, 0.3) is 0 Å². The van der Waals surface area contributed by atoms with Crippen LogP contribution in [0.1, 0.15) is 37.2 Å². The van der Waals surface area contributed by atoms with Crippen LogP contribution in [0.4, 0.5) is 5.69 Å². The molecule has 0 atom stereocenters. The van der Waals surface area contributed by atoms with Crippen molar-refractivity contribution in [1.29, 1.82) is 0 Å². The highest BCUT2D eigenvalue weighted by Crippen LogP contribution is 2.27. The molecule has 1 amide bonds. The summed E-state index contributed by atoms with van der Waals surface area (Å²) in [5, 5.41) is 0. The van der Waals surface area contributed by atoms with E-state index >= 15 is 0 Å². The Kier molecular flexibility index (Phi) is 7.09. The first-order valence-corrected chi connectivity index (χ1v) is 10.7. The summed E-state index contributed by atoms with van der Waals surface area (Å²) in [4.78, 5) is 46.3. The number of carbonyl (C=O) groups excluding carboxylic acids is 2. The molecule has 10 heteroatoms. The molecule has 1 aliphatic rings. The Morgan fingerprint density at radius 2 is 2.03 bits per heavy atom. The lowest BCUT2D eigenvalue weighted by Gasteiger charge is -2.34. The molecule has 0 spiro atoms. The molecule has 0 radical (unpaired) electrons. The van der Waals surface area contributed by atoms with Gasteiger partial charge in [0.2, 0.25) is 11.7 Å². The quantitative estimate of drug-likeness (QED) is 0.442. The van der Waals surface area contributed by atoms with Gasteiger partial charge < -0.3 is 14.4 Å². The summed E-state index contributed by atoms with van der Waals surface area (Å²) in [6.45, 7) is 6.49. The second-order valence-electron chi connectivity index (χ2n) is 6.94. The molecule has 1 aliphatic heterocycles. The molecule has 0 saturated carbocycles. The molecular formula is C20H25BrN4O5. The number of methoxy groups -OCH3 is 1. The van der Waals surface area contributed by atoms with Crippen LogP contribution in [0.15, 0.2) is 21.5 Å². The molecule has 0 aromatic carbocycles. The second-order valence-corrected chi connectivity index (χ2v) is 7.86. The summed E-state index contributed by atoms with van der Waals surface area (Å²) < 4.78 is 12.3. The molecule has 3 rings (SSSR count). The number of piperazine rings is 1. The maximum atomic E-state index is 13.2. The van der Waals surface area contributed by atoms with Crippen LogP contribution < -0.4 is 15.2 Å². The van der Waals surface area contributed by atoms with Crippen molar-refractivity contribution in [2.45, 2.75) is 26.7 Å². The van der Waals surface area contributed by atoms with Gasteiger partial charge in [-0.3, -0.25) is 18.9 Å². The Labute approximate surface area is 182 Å². The van der Waals surface area contributed by atoms with E-state index in [4.69, 9.17) is 9.47 Å². The first-order valence-electron chi connectivity index (χ1n) is 9.91. The number of hydrogen-bond acceptors (Lipinski definition) is 7. The number of aromatic nitrogens is 2. The van der Waals surface area contributed by atoms with Gasteiger partial charge in [-0.15, -0.1) is 0 Å². The molecule has 0 bridgehead atoms. The van der Waals surface area contributed by atoms with Crippen molar-refractivity contribution < 1.29 is 19.1 Å². The van der Waals surface area contributed by atoms with E-state index in [1.165, 1.54) is 11.5 Å². The average Bonchev–Trinajstić information content (AvgIpc) is 2.74. The number of halogens is 1. The van der Waals surface area contributed by atoms with Gasteiger partial charge in [-0.1, -0.05) is 20.3 Å². The van der Waals surface area contributed by atoms with E-state index in [1.807, 2.05) is 18.7 Å². The molecule has 2 aromatic heterocycles.